The van der Waals surface area contributed by atoms with Crippen molar-refractivity contribution in [3.05, 3.63) is 70.8 Å². The fraction of sp³-hybridized carbons (Fsp3) is 0.238. The molecule has 0 aliphatic carbocycles. The molecule has 5 nitrogen and oxygen atoms in total. The van der Waals surface area contributed by atoms with Crippen molar-refractivity contribution < 1.29 is 0 Å². The Morgan fingerprint density at radius 3 is 2.19 bits per heavy atom. The van der Waals surface area contributed by atoms with Gasteiger partial charge in [0.1, 0.15) is 5.82 Å². The number of rotatable bonds is 6. The SMILES string of the molecule is Cc1cc(C)cc(-c2cc(NCCc3ccc(CN)cc3)nc(N)n2)c1. The summed E-state index contributed by atoms with van der Waals surface area (Å²) in [5.74, 6) is 1.02. The molecule has 0 bridgehead atoms. The number of benzene rings is 2. The third kappa shape index (κ3) is 4.58. The van der Waals surface area contributed by atoms with E-state index in [2.05, 4.69) is 71.6 Å². The van der Waals surface area contributed by atoms with E-state index in [1.807, 2.05) is 6.07 Å². The number of aryl methyl sites for hydroxylation is 2. The van der Waals surface area contributed by atoms with E-state index in [4.69, 9.17) is 11.5 Å². The summed E-state index contributed by atoms with van der Waals surface area (Å²) in [6.45, 7) is 5.50. The zero-order valence-corrected chi connectivity index (χ0v) is 15.3. The Morgan fingerprint density at radius 1 is 0.885 bits per heavy atom. The fourth-order valence-electron chi connectivity index (χ4n) is 3.00. The molecule has 5 heteroatoms. The Kier molecular flexibility index (Phi) is 5.49. The summed E-state index contributed by atoms with van der Waals surface area (Å²) in [5, 5.41) is 3.35. The van der Waals surface area contributed by atoms with Crippen LogP contribution in [-0.4, -0.2) is 16.5 Å². The van der Waals surface area contributed by atoms with Crippen molar-refractivity contribution in [3.8, 4) is 11.3 Å². The molecule has 1 heterocycles. The predicted molar refractivity (Wildman–Crippen MR) is 108 cm³/mol. The third-order valence-corrected chi connectivity index (χ3v) is 4.24. The van der Waals surface area contributed by atoms with E-state index in [1.165, 1.54) is 16.7 Å². The van der Waals surface area contributed by atoms with Crippen molar-refractivity contribution in [2.45, 2.75) is 26.8 Å². The van der Waals surface area contributed by atoms with E-state index in [0.29, 0.717) is 6.54 Å². The molecule has 2 aromatic carbocycles. The van der Waals surface area contributed by atoms with Gasteiger partial charge in [-0.15, -0.1) is 0 Å². The Balaban J connectivity index is 1.71. The lowest BCUT2D eigenvalue weighted by atomic mass is 10.0. The minimum Gasteiger partial charge on any atom is -0.370 e. The van der Waals surface area contributed by atoms with Gasteiger partial charge in [-0.05, 0) is 43.5 Å². The van der Waals surface area contributed by atoms with Crippen molar-refractivity contribution in [2.75, 3.05) is 17.6 Å². The van der Waals surface area contributed by atoms with Gasteiger partial charge in [0.05, 0.1) is 5.69 Å². The van der Waals surface area contributed by atoms with Crippen LogP contribution in [0.15, 0.2) is 48.5 Å². The van der Waals surface area contributed by atoms with Gasteiger partial charge in [0.25, 0.3) is 0 Å². The molecule has 3 rings (SSSR count). The maximum atomic E-state index is 5.91. The van der Waals surface area contributed by atoms with Gasteiger partial charge in [-0.2, -0.15) is 4.98 Å². The first-order valence-electron chi connectivity index (χ1n) is 8.78. The van der Waals surface area contributed by atoms with E-state index in [1.54, 1.807) is 0 Å². The number of anilines is 2. The average molecular weight is 347 g/mol. The molecule has 3 aromatic rings. The summed E-state index contributed by atoms with van der Waals surface area (Å²) >= 11 is 0. The molecule has 134 valence electrons. The minimum absolute atomic E-state index is 0.274. The molecule has 0 unspecified atom stereocenters. The van der Waals surface area contributed by atoms with Crippen molar-refractivity contribution in [3.63, 3.8) is 0 Å². The van der Waals surface area contributed by atoms with Crippen LogP contribution in [0.3, 0.4) is 0 Å². The minimum atomic E-state index is 0.274. The lowest BCUT2D eigenvalue weighted by molar-refractivity contribution is 0.994. The van der Waals surface area contributed by atoms with Crippen LogP contribution in [0.25, 0.3) is 11.3 Å². The summed E-state index contributed by atoms with van der Waals surface area (Å²) in [5.41, 5.74) is 18.2. The summed E-state index contributed by atoms with van der Waals surface area (Å²) in [4.78, 5) is 8.69. The van der Waals surface area contributed by atoms with Gasteiger partial charge in [-0.25, -0.2) is 4.98 Å². The van der Waals surface area contributed by atoms with Gasteiger partial charge in [0, 0.05) is 24.7 Å². The summed E-state index contributed by atoms with van der Waals surface area (Å²) < 4.78 is 0. The van der Waals surface area contributed by atoms with Gasteiger partial charge in [0.2, 0.25) is 5.95 Å². The monoisotopic (exact) mass is 347 g/mol. The maximum absolute atomic E-state index is 5.91. The van der Waals surface area contributed by atoms with Crippen LogP contribution in [0.5, 0.6) is 0 Å². The van der Waals surface area contributed by atoms with E-state index < -0.39 is 0 Å². The average Bonchev–Trinajstić information content (AvgIpc) is 2.61. The molecule has 0 fully saturated rings. The molecule has 0 atom stereocenters. The number of nitrogens with two attached hydrogens (primary N) is 2. The first kappa shape index (κ1) is 17.9. The second-order valence-electron chi connectivity index (χ2n) is 6.57. The molecule has 5 N–H and O–H groups in total. The standard InChI is InChI=1S/C21H25N5/c1-14-9-15(2)11-18(10-14)19-12-20(26-21(23)25-19)24-8-7-16-3-5-17(13-22)6-4-16/h3-6,9-12H,7-8,13,22H2,1-2H3,(H3,23,24,25,26). The van der Waals surface area contributed by atoms with Crippen LogP contribution in [-0.2, 0) is 13.0 Å². The van der Waals surface area contributed by atoms with Crippen LogP contribution in [0.2, 0.25) is 0 Å². The molecular weight excluding hydrogens is 322 g/mol. The van der Waals surface area contributed by atoms with Gasteiger partial charge < -0.3 is 16.8 Å². The third-order valence-electron chi connectivity index (χ3n) is 4.24. The van der Waals surface area contributed by atoms with E-state index in [0.717, 1.165) is 35.6 Å². The van der Waals surface area contributed by atoms with Crippen LogP contribution < -0.4 is 16.8 Å². The fourth-order valence-corrected chi connectivity index (χ4v) is 3.00. The number of aromatic nitrogens is 2. The number of hydrogen-bond acceptors (Lipinski definition) is 5. The quantitative estimate of drug-likeness (QED) is 0.635. The van der Waals surface area contributed by atoms with E-state index >= 15 is 0 Å². The van der Waals surface area contributed by atoms with Crippen molar-refractivity contribution in [1.82, 2.24) is 9.97 Å². The van der Waals surface area contributed by atoms with Gasteiger partial charge in [-0.3, -0.25) is 0 Å². The van der Waals surface area contributed by atoms with Gasteiger partial charge in [0.15, 0.2) is 0 Å². The lowest BCUT2D eigenvalue weighted by Gasteiger charge is -2.10. The summed E-state index contributed by atoms with van der Waals surface area (Å²) in [6.07, 6.45) is 0.896. The molecule has 26 heavy (non-hydrogen) atoms. The molecule has 0 aliphatic heterocycles. The summed E-state index contributed by atoms with van der Waals surface area (Å²) in [6, 6.07) is 16.7. The molecule has 0 saturated carbocycles. The van der Waals surface area contributed by atoms with Crippen LogP contribution >= 0.6 is 0 Å². The maximum Gasteiger partial charge on any atom is 0.222 e. The summed E-state index contributed by atoms with van der Waals surface area (Å²) in [7, 11) is 0. The molecule has 0 spiro atoms. The highest BCUT2D eigenvalue weighted by Gasteiger charge is 2.06. The van der Waals surface area contributed by atoms with Crippen molar-refractivity contribution >= 4 is 11.8 Å². The lowest BCUT2D eigenvalue weighted by Crippen LogP contribution is -2.08. The second kappa shape index (κ2) is 7.97. The topological polar surface area (TPSA) is 89.8 Å². The molecule has 0 radical (unpaired) electrons. The smallest absolute Gasteiger partial charge is 0.222 e. The molecule has 0 amide bonds. The predicted octanol–water partition coefficient (Wildman–Crippen LogP) is 3.46. The Morgan fingerprint density at radius 2 is 1.54 bits per heavy atom. The van der Waals surface area contributed by atoms with Crippen LogP contribution in [0.1, 0.15) is 22.3 Å². The number of nitrogens with one attached hydrogen (secondary N) is 1. The highest BCUT2D eigenvalue weighted by molar-refractivity contribution is 5.65. The van der Waals surface area contributed by atoms with Crippen molar-refractivity contribution in [2.24, 2.45) is 5.73 Å². The second-order valence-corrected chi connectivity index (χ2v) is 6.57. The van der Waals surface area contributed by atoms with Crippen LogP contribution in [0, 0.1) is 13.8 Å². The highest BCUT2D eigenvalue weighted by atomic mass is 15.1. The Labute approximate surface area is 154 Å². The first-order valence-corrected chi connectivity index (χ1v) is 8.78. The number of hydrogen-bond donors (Lipinski definition) is 3. The molecule has 0 aliphatic rings. The zero-order valence-electron chi connectivity index (χ0n) is 15.3. The van der Waals surface area contributed by atoms with Crippen molar-refractivity contribution in [1.29, 1.82) is 0 Å². The molecular formula is C21H25N5. The number of nitrogens with zero attached hydrogens (tertiary/aromatic N) is 2. The van der Waals surface area contributed by atoms with E-state index in [9.17, 15) is 0 Å². The Hall–Kier alpha value is -2.92. The largest absolute Gasteiger partial charge is 0.370 e. The Bertz CT molecular complexity index is 867. The molecule has 0 saturated heterocycles. The van der Waals surface area contributed by atoms with Crippen LogP contribution in [0.4, 0.5) is 11.8 Å². The van der Waals surface area contributed by atoms with Gasteiger partial charge >= 0.3 is 0 Å². The van der Waals surface area contributed by atoms with E-state index in [-0.39, 0.29) is 5.95 Å². The molecule has 1 aromatic heterocycles. The number of nitrogen functional groups attached to an aromatic ring is 1. The first-order chi connectivity index (χ1) is 12.5. The zero-order chi connectivity index (χ0) is 18.5. The normalized spacial score (nSPS) is 10.7. The highest BCUT2D eigenvalue weighted by Crippen LogP contribution is 2.23. The van der Waals surface area contributed by atoms with Gasteiger partial charge in [-0.1, -0.05) is 41.5 Å².